The lowest BCUT2D eigenvalue weighted by Gasteiger charge is -2.15. The molecule has 0 saturated heterocycles. The van der Waals surface area contributed by atoms with Gasteiger partial charge in [0.15, 0.2) is 5.82 Å². The number of nitrogens with one attached hydrogen (secondary N) is 1. The number of anilines is 1. The highest BCUT2D eigenvalue weighted by Crippen LogP contribution is 2.39. The summed E-state index contributed by atoms with van der Waals surface area (Å²) in [5, 5.41) is 12.5. The molecule has 2 N–H and O–H groups in total. The fourth-order valence-electron chi connectivity index (χ4n) is 3.18. The lowest BCUT2D eigenvalue weighted by Crippen LogP contribution is -2.12. The molecule has 1 aliphatic heterocycles. The molecule has 0 atom stereocenters. The van der Waals surface area contributed by atoms with Gasteiger partial charge in [-0.3, -0.25) is 0 Å². The number of aliphatic hydroxyl groups is 1. The zero-order valence-corrected chi connectivity index (χ0v) is 15.9. The van der Waals surface area contributed by atoms with Crippen LogP contribution >= 0.6 is 11.8 Å². The van der Waals surface area contributed by atoms with Crippen molar-refractivity contribution in [2.45, 2.75) is 11.3 Å². The smallest absolute Gasteiger partial charge is 0.162 e. The van der Waals surface area contributed by atoms with Gasteiger partial charge in [-0.1, -0.05) is 18.2 Å². The lowest BCUT2D eigenvalue weighted by atomic mass is 10.0. The van der Waals surface area contributed by atoms with Crippen molar-refractivity contribution in [1.82, 2.24) is 9.97 Å². The van der Waals surface area contributed by atoms with Gasteiger partial charge in [-0.05, 0) is 36.8 Å². The Balaban J connectivity index is 1.88. The van der Waals surface area contributed by atoms with Gasteiger partial charge in [0.05, 0.1) is 19.4 Å². The molecule has 138 valence electrons. The Morgan fingerprint density at radius 1 is 1.11 bits per heavy atom. The standard InChI is InChI=1S/C21H21N3O2S/c1-26-15-8-6-14(7-9-15)20-23-19-16-4-2-3-5-18(16)27-13-10-17(19)21(24-20)22-11-12-25/h2-9,25H,10-13H2,1H3,(H,22,23,24). The van der Waals surface area contributed by atoms with Crippen molar-refractivity contribution in [2.75, 3.05) is 31.3 Å². The first-order valence-electron chi connectivity index (χ1n) is 8.92. The number of nitrogens with zero attached hydrogens (tertiary/aromatic N) is 2. The summed E-state index contributed by atoms with van der Waals surface area (Å²) in [6, 6.07) is 16.1. The van der Waals surface area contributed by atoms with Gasteiger partial charge in [0.1, 0.15) is 11.6 Å². The Kier molecular flexibility index (Phi) is 5.27. The third-order valence-corrected chi connectivity index (χ3v) is 5.59. The van der Waals surface area contributed by atoms with Gasteiger partial charge in [-0.2, -0.15) is 0 Å². The molecule has 4 rings (SSSR count). The van der Waals surface area contributed by atoms with E-state index in [1.165, 1.54) is 4.90 Å². The molecule has 27 heavy (non-hydrogen) atoms. The topological polar surface area (TPSA) is 67.3 Å². The molecule has 0 fully saturated rings. The van der Waals surface area contributed by atoms with Crippen molar-refractivity contribution in [3.8, 4) is 28.4 Å². The molecule has 0 aliphatic carbocycles. The van der Waals surface area contributed by atoms with Gasteiger partial charge in [0, 0.05) is 33.9 Å². The van der Waals surface area contributed by atoms with E-state index in [2.05, 4.69) is 23.5 Å². The van der Waals surface area contributed by atoms with Crippen LogP contribution in [0.25, 0.3) is 22.6 Å². The number of methoxy groups -OCH3 is 1. The van der Waals surface area contributed by atoms with Crippen molar-refractivity contribution in [3.63, 3.8) is 0 Å². The maximum absolute atomic E-state index is 9.27. The first-order valence-corrected chi connectivity index (χ1v) is 9.91. The number of ether oxygens (including phenoxy) is 1. The third kappa shape index (κ3) is 3.63. The van der Waals surface area contributed by atoms with E-state index in [0.717, 1.165) is 46.1 Å². The largest absolute Gasteiger partial charge is 0.497 e. The minimum absolute atomic E-state index is 0.0575. The molecule has 2 heterocycles. The molecule has 0 amide bonds. The zero-order valence-electron chi connectivity index (χ0n) is 15.1. The van der Waals surface area contributed by atoms with E-state index in [1.807, 2.05) is 42.1 Å². The number of hydrogen-bond acceptors (Lipinski definition) is 6. The number of aliphatic hydroxyl groups excluding tert-OH is 1. The molecule has 0 unspecified atom stereocenters. The van der Waals surface area contributed by atoms with Crippen LogP contribution in [0.5, 0.6) is 5.75 Å². The van der Waals surface area contributed by atoms with Gasteiger partial charge < -0.3 is 15.2 Å². The normalized spacial score (nSPS) is 12.7. The fraction of sp³-hybridized carbons (Fsp3) is 0.238. The van der Waals surface area contributed by atoms with Crippen LogP contribution in [-0.2, 0) is 6.42 Å². The Morgan fingerprint density at radius 3 is 2.70 bits per heavy atom. The van der Waals surface area contributed by atoms with Gasteiger partial charge >= 0.3 is 0 Å². The Labute approximate surface area is 162 Å². The summed E-state index contributed by atoms with van der Waals surface area (Å²) in [5.74, 6) is 3.24. The average Bonchev–Trinajstić information content (AvgIpc) is 2.91. The average molecular weight is 379 g/mol. The summed E-state index contributed by atoms with van der Waals surface area (Å²) >= 11 is 1.84. The van der Waals surface area contributed by atoms with E-state index in [0.29, 0.717) is 12.4 Å². The van der Waals surface area contributed by atoms with Crippen LogP contribution in [0.3, 0.4) is 0 Å². The van der Waals surface area contributed by atoms with Crippen molar-refractivity contribution in [2.24, 2.45) is 0 Å². The Morgan fingerprint density at radius 2 is 1.93 bits per heavy atom. The molecule has 1 aromatic heterocycles. The van der Waals surface area contributed by atoms with Gasteiger partial charge in [0.2, 0.25) is 0 Å². The fourth-order valence-corrected chi connectivity index (χ4v) is 4.21. The monoisotopic (exact) mass is 379 g/mol. The van der Waals surface area contributed by atoms with Gasteiger partial charge in [-0.25, -0.2) is 9.97 Å². The SMILES string of the molecule is COc1ccc(-c2nc(NCCO)c3c(n2)-c2ccccc2SCC3)cc1. The first kappa shape index (κ1) is 17.8. The van der Waals surface area contributed by atoms with E-state index < -0.39 is 0 Å². The number of benzene rings is 2. The number of aromatic nitrogens is 2. The number of thioether (sulfide) groups is 1. The number of fused-ring (bicyclic) bond motifs is 3. The minimum atomic E-state index is 0.0575. The van der Waals surface area contributed by atoms with E-state index in [-0.39, 0.29) is 6.61 Å². The highest BCUT2D eigenvalue weighted by molar-refractivity contribution is 7.99. The second-order valence-corrected chi connectivity index (χ2v) is 7.33. The van der Waals surface area contributed by atoms with E-state index >= 15 is 0 Å². The van der Waals surface area contributed by atoms with Gasteiger partial charge in [0.25, 0.3) is 0 Å². The number of rotatable bonds is 5. The van der Waals surface area contributed by atoms with Crippen LogP contribution in [0.15, 0.2) is 53.4 Å². The molecule has 1 aliphatic rings. The minimum Gasteiger partial charge on any atom is -0.497 e. The summed E-state index contributed by atoms with van der Waals surface area (Å²) in [7, 11) is 1.65. The second kappa shape index (κ2) is 7.98. The van der Waals surface area contributed by atoms with Crippen molar-refractivity contribution in [3.05, 3.63) is 54.1 Å². The summed E-state index contributed by atoms with van der Waals surface area (Å²) in [4.78, 5) is 11.0. The predicted octanol–water partition coefficient (Wildman–Crippen LogP) is 3.87. The molecular weight excluding hydrogens is 358 g/mol. The van der Waals surface area contributed by atoms with Crippen molar-refractivity contribution < 1.29 is 9.84 Å². The van der Waals surface area contributed by atoms with E-state index in [9.17, 15) is 5.11 Å². The van der Waals surface area contributed by atoms with Crippen molar-refractivity contribution >= 4 is 17.6 Å². The molecule has 0 radical (unpaired) electrons. The molecule has 5 nitrogen and oxygen atoms in total. The van der Waals surface area contributed by atoms with Crippen LogP contribution in [-0.4, -0.2) is 41.1 Å². The van der Waals surface area contributed by atoms with E-state index in [4.69, 9.17) is 14.7 Å². The highest BCUT2D eigenvalue weighted by Gasteiger charge is 2.21. The zero-order chi connectivity index (χ0) is 18.6. The summed E-state index contributed by atoms with van der Waals surface area (Å²) in [6.45, 7) is 0.516. The van der Waals surface area contributed by atoms with Crippen LogP contribution in [0.1, 0.15) is 5.56 Å². The Bertz CT molecular complexity index is 945. The maximum atomic E-state index is 9.27. The molecule has 3 aromatic rings. The molecule has 0 saturated carbocycles. The predicted molar refractivity (Wildman–Crippen MR) is 109 cm³/mol. The van der Waals surface area contributed by atoms with E-state index in [1.54, 1.807) is 7.11 Å². The maximum Gasteiger partial charge on any atom is 0.162 e. The molecular formula is C21H21N3O2S. The Hall–Kier alpha value is -2.57. The van der Waals surface area contributed by atoms with Gasteiger partial charge in [-0.15, -0.1) is 11.8 Å². The molecule has 0 spiro atoms. The van der Waals surface area contributed by atoms with Crippen molar-refractivity contribution in [1.29, 1.82) is 0 Å². The molecule has 2 aromatic carbocycles. The quantitative estimate of drug-likeness (QED) is 0.701. The van der Waals surface area contributed by atoms with Crippen LogP contribution in [0.2, 0.25) is 0 Å². The summed E-state index contributed by atoms with van der Waals surface area (Å²) in [5.41, 5.74) is 4.15. The lowest BCUT2D eigenvalue weighted by molar-refractivity contribution is 0.311. The van der Waals surface area contributed by atoms with Crippen LogP contribution in [0, 0.1) is 0 Å². The van der Waals surface area contributed by atoms with Crippen LogP contribution < -0.4 is 10.1 Å². The summed E-state index contributed by atoms with van der Waals surface area (Å²) < 4.78 is 5.25. The van der Waals surface area contributed by atoms with Crippen LogP contribution in [0.4, 0.5) is 5.82 Å². The first-order chi connectivity index (χ1) is 13.3. The molecule has 6 heteroatoms. The molecule has 0 bridgehead atoms. The highest BCUT2D eigenvalue weighted by atomic mass is 32.2. The third-order valence-electron chi connectivity index (χ3n) is 4.51. The summed E-state index contributed by atoms with van der Waals surface area (Å²) in [6.07, 6.45) is 0.880. The second-order valence-electron chi connectivity index (χ2n) is 6.20. The number of hydrogen-bond donors (Lipinski definition) is 2.